The summed E-state index contributed by atoms with van der Waals surface area (Å²) in [5.74, 6) is -7.46. The monoisotopic (exact) mass is 457 g/mol. The van der Waals surface area contributed by atoms with Crippen LogP contribution in [-0.4, -0.2) is 28.8 Å². The summed E-state index contributed by atoms with van der Waals surface area (Å²) in [7, 11) is 1.38. The van der Waals surface area contributed by atoms with Crippen LogP contribution >= 0.6 is 24.0 Å². The highest BCUT2D eigenvalue weighted by molar-refractivity contribution is 8.26. The molecule has 1 aliphatic rings. The molecule has 2 aromatic rings. The molecule has 0 N–H and O–H groups in total. The van der Waals surface area contributed by atoms with Gasteiger partial charge in [0.1, 0.15) is 16.7 Å². The van der Waals surface area contributed by atoms with Gasteiger partial charge in [-0.15, -0.1) is 0 Å². The first kappa shape index (κ1) is 22.1. The Labute approximate surface area is 179 Å². The van der Waals surface area contributed by atoms with Crippen molar-refractivity contribution in [2.45, 2.75) is 13.5 Å². The number of nitrogens with zero attached hydrogens (tertiary/aromatic N) is 1. The minimum Gasteiger partial charge on any atom is -0.496 e. The van der Waals surface area contributed by atoms with Crippen LogP contribution in [0.4, 0.5) is 17.6 Å². The smallest absolute Gasteiger partial charge is 0.266 e. The summed E-state index contributed by atoms with van der Waals surface area (Å²) in [6.07, 6.45) is 1.61. The summed E-state index contributed by atoms with van der Waals surface area (Å²) in [6.45, 7) is 1.83. The molecular weight excluding hydrogens is 442 g/mol. The number of likely N-dealkylation sites (N-methyl/N-ethyl adjacent to an activating group) is 1. The van der Waals surface area contributed by atoms with Crippen molar-refractivity contribution in [2.24, 2.45) is 0 Å². The Morgan fingerprint density at radius 1 is 1.13 bits per heavy atom. The lowest BCUT2D eigenvalue weighted by Crippen LogP contribution is -2.27. The van der Waals surface area contributed by atoms with Crippen molar-refractivity contribution in [3.8, 4) is 11.5 Å². The fourth-order valence-electron chi connectivity index (χ4n) is 2.75. The van der Waals surface area contributed by atoms with Gasteiger partial charge in [-0.3, -0.25) is 9.69 Å². The second-order valence-electron chi connectivity index (χ2n) is 6.08. The quantitative estimate of drug-likeness (QED) is 0.263. The number of benzene rings is 2. The average molecular weight is 457 g/mol. The van der Waals surface area contributed by atoms with Crippen molar-refractivity contribution in [1.82, 2.24) is 4.90 Å². The Morgan fingerprint density at radius 3 is 2.37 bits per heavy atom. The van der Waals surface area contributed by atoms with Crippen LogP contribution in [0.2, 0.25) is 0 Å². The fraction of sp³-hybridized carbons (Fsp3) is 0.200. The third-order valence-corrected chi connectivity index (χ3v) is 5.61. The SMILES string of the molecule is CCN1C(=O)/C(=C/c2ccc(OC)c(COc3c(F)c(F)cc(F)c3F)c2)SC1=S. The van der Waals surface area contributed by atoms with E-state index in [0.29, 0.717) is 32.6 Å². The highest BCUT2D eigenvalue weighted by Gasteiger charge is 2.30. The highest BCUT2D eigenvalue weighted by Crippen LogP contribution is 2.33. The first-order valence-electron chi connectivity index (χ1n) is 8.64. The number of hydrogen-bond donors (Lipinski definition) is 0. The van der Waals surface area contributed by atoms with E-state index in [1.165, 1.54) is 12.0 Å². The summed E-state index contributed by atoms with van der Waals surface area (Å²) in [5, 5.41) is 0. The maximum atomic E-state index is 13.8. The Bertz CT molecular complexity index is 1030. The number of ether oxygens (including phenoxy) is 2. The zero-order chi connectivity index (χ0) is 22.0. The lowest BCUT2D eigenvalue weighted by atomic mass is 10.1. The zero-order valence-electron chi connectivity index (χ0n) is 15.8. The molecular formula is C20H15F4NO3S2. The van der Waals surface area contributed by atoms with Crippen molar-refractivity contribution in [2.75, 3.05) is 13.7 Å². The average Bonchev–Trinajstić information content (AvgIpc) is 2.99. The molecule has 1 fully saturated rings. The molecule has 10 heteroatoms. The van der Waals surface area contributed by atoms with Crippen LogP contribution < -0.4 is 9.47 Å². The van der Waals surface area contributed by atoms with E-state index >= 15 is 0 Å². The van der Waals surface area contributed by atoms with Gasteiger partial charge in [-0.1, -0.05) is 30.0 Å². The van der Waals surface area contributed by atoms with Crippen molar-refractivity contribution in [3.05, 3.63) is 63.6 Å². The van der Waals surface area contributed by atoms with E-state index in [4.69, 9.17) is 21.7 Å². The topological polar surface area (TPSA) is 38.8 Å². The Kier molecular flexibility index (Phi) is 6.67. The fourth-order valence-corrected chi connectivity index (χ4v) is 4.14. The minimum absolute atomic E-state index is 0.102. The van der Waals surface area contributed by atoms with Gasteiger partial charge in [-0.2, -0.15) is 8.78 Å². The molecule has 0 saturated carbocycles. The second-order valence-corrected chi connectivity index (χ2v) is 7.76. The van der Waals surface area contributed by atoms with Crippen LogP contribution in [0.5, 0.6) is 11.5 Å². The number of amides is 1. The summed E-state index contributed by atoms with van der Waals surface area (Å²) in [5.41, 5.74) is 0.929. The molecule has 2 aromatic carbocycles. The molecule has 1 aliphatic heterocycles. The number of halogens is 4. The lowest BCUT2D eigenvalue weighted by molar-refractivity contribution is -0.121. The predicted octanol–water partition coefficient (Wildman–Crippen LogP) is 5.05. The summed E-state index contributed by atoms with van der Waals surface area (Å²) < 4.78 is 65.1. The second kappa shape index (κ2) is 9.05. The third kappa shape index (κ3) is 4.29. The molecule has 0 spiro atoms. The van der Waals surface area contributed by atoms with Crippen LogP contribution in [0.25, 0.3) is 6.08 Å². The first-order valence-corrected chi connectivity index (χ1v) is 9.87. The van der Waals surface area contributed by atoms with Gasteiger partial charge in [-0.05, 0) is 30.7 Å². The van der Waals surface area contributed by atoms with E-state index in [1.807, 2.05) is 6.92 Å². The van der Waals surface area contributed by atoms with Gasteiger partial charge in [0.05, 0.1) is 12.0 Å². The molecule has 4 nitrogen and oxygen atoms in total. The third-order valence-electron chi connectivity index (χ3n) is 4.24. The molecule has 1 saturated heterocycles. The van der Waals surface area contributed by atoms with Crippen LogP contribution in [0, 0.1) is 23.3 Å². The van der Waals surface area contributed by atoms with Crippen molar-refractivity contribution in [1.29, 1.82) is 0 Å². The van der Waals surface area contributed by atoms with Crippen LogP contribution in [0.15, 0.2) is 29.2 Å². The van der Waals surface area contributed by atoms with Crippen LogP contribution in [-0.2, 0) is 11.4 Å². The van der Waals surface area contributed by atoms with E-state index in [1.54, 1.807) is 24.3 Å². The molecule has 0 unspecified atom stereocenters. The maximum Gasteiger partial charge on any atom is 0.266 e. The van der Waals surface area contributed by atoms with Gasteiger partial charge >= 0.3 is 0 Å². The number of methoxy groups -OCH3 is 1. The maximum absolute atomic E-state index is 13.8. The molecule has 1 amide bonds. The molecule has 1 heterocycles. The molecule has 0 radical (unpaired) electrons. The van der Waals surface area contributed by atoms with E-state index in [-0.39, 0.29) is 12.0 Å². The zero-order valence-corrected chi connectivity index (χ0v) is 17.4. The van der Waals surface area contributed by atoms with Gasteiger partial charge in [0.25, 0.3) is 5.91 Å². The molecule has 0 bridgehead atoms. The lowest BCUT2D eigenvalue weighted by Gasteiger charge is -2.13. The van der Waals surface area contributed by atoms with E-state index in [9.17, 15) is 22.4 Å². The molecule has 0 aliphatic carbocycles. The number of thiocarbonyl (C=S) groups is 1. The van der Waals surface area contributed by atoms with Gasteiger partial charge < -0.3 is 9.47 Å². The van der Waals surface area contributed by atoms with Gasteiger partial charge in [0.2, 0.25) is 11.6 Å². The molecule has 0 atom stereocenters. The standard InChI is InChI=1S/C20H15F4NO3S2/c1-3-25-19(26)15(30-20(25)29)7-10-4-5-14(27-2)11(6-10)9-28-18-16(23)12(21)8-13(22)17(18)24/h4-8H,3,9H2,1-2H3/b15-7-. The van der Waals surface area contributed by atoms with E-state index in [2.05, 4.69) is 0 Å². The Morgan fingerprint density at radius 2 is 1.80 bits per heavy atom. The molecule has 3 rings (SSSR count). The number of thioether (sulfide) groups is 1. The summed E-state index contributed by atoms with van der Waals surface area (Å²) >= 11 is 6.33. The van der Waals surface area contributed by atoms with Crippen LogP contribution in [0.1, 0.15) is 18.1 Å². The molecule has 0 aromatic heterocycles. The Balaban J connectivity index is 1.89. The molecule has 30 heavy (non-hydrogen) atoms. The number of hydrogen-bond acceptors (Lipinski definition) is 5. The van der Waals surface area contributed by atoms with E-state index < -0.39 is 35.6 Å². The first-order chi connectivity index (χ1) is 14.3. The number of carbonyl (C=O) groups is 1. The highest BCUT2D eigenvalue weighted by atomic mass is 32.2. The van der Waals surface area contributed by atoms with Crippen molar-refractivity contribution >= 4 is 40.3 Å². The van der Waals surface area contributed by atoms with Crippen molar-refractivity contribution in [3.63, 3.8) is 0 Å². The minimum atomic E-state index is -1.63. The van der Waals surface area contributed by atoms with E-state index in [0.717, 1.165) is 11.8 Å². The van der Waals surface area contributed by atoms with Gasteiger partial charge in [0.15, 0.2) is 17.4 Å². The molecule has 158 valence electrons. The largest absolute Gasteiger partial charge is 0.496 e. The summed E-state index contributed by atoms with van der Waals surface area (Å²) in [6, 6.07) is 4.92. The normalized spacial score (nSPS) is 15.3. The Hall–Kier alpha value is -2.59. The number of carbonyl (C=O) groups excluding carboxylic acids is 1. The van der Waals surface area contributed by atoms with Gasteiger partial charge in [-0.25, -0.2) is 8.78 Å². The predicted molar refractivity (Wildman–Crippen MR) is 109 cm³/mol. The number of rotatable bonds is 6. The summed E-state index contributed by atoms with van der Waals surface area (Å²) in [4.78, 5) is 14.2. The van der Waals surface area contributed by atoms with Crippen molar-refractivity contribution < 1.29 is 31.8 Å². The van der Waals surface area contributed by atoms with Gasteiger partial charge in [0, 0.05) is 18.2 Å². The van der Waals surface area contributed by atoms with Crippen LogP contribution in [0.3, 0.4) is 0 Å².